The lowest BCUT2D eigenvalue weighted by atomic mass is 10.2. The Kier molecular flexibility index (Phi) is 3.04. The molecule has 2 atom stereocenters. The van der Waals surface area contributed by atoms with Crippen molar-refractivity contribution in [2.45, 2.75) is 25.2 Å². The molecule has 0 aliphatic carbocycles. The van der Waals surface area contributed by atoms with Crippen LogP contribution in [0.4, 0.5) is 0 Å². The highest BCUT2D eigenvalue weighted by Crippen LogP contribution is 2.42. The molecule has 3 aliphatic rings. The van der Waals surface area contributed by atoms with Crippen LogP contribution in [0.2, 0.25) is 5.02 Å². The Morgan fingerprint density at radius 1 is 1.24 bits per heavy atom. The Hall–Kier alpha value is -1.08. The first-order valence-corrected chi connectivity index (χ1v) is 8.71. The van der Waals surface area contributed by atoms with Crippen LogP contribution in [0.5, 0.6) is 5.75 Å². The summed E-state index contributed by atoms with van der Waals surface area (Å²) >= 11 is 5.99. The number of ether oxygens (including phenoxy) is 2. The summed E-state index contributed by atoms with van der Waals surface area (Å²) in [6.45, 7) is 1.14. The van der Waals surface area contributed by atoms with Gasteiger partial charge < -0.3 is 9.47 Å². The second-order valence-electron chi connectivity index (χ2n) is 5.38. The van der Waals surface area contributed by atoms with E-state index in [1.807, 2.05) is 0 Å². The minimum atomic E-state index is -3.50. The van der Waals surface area contributed by atoms with Crippen LogP contribution in [0.15, 0.2) is 23.1 Å². The van der Waals surface area contributed by atoms with Gasteiger partial charge in [0, 0.05) is 23.7 Å². The van der Waals surface area contributed by atoms with Crippen LogP contribution in [0.3, 0.4) is 0 Å². The third kappa shape index (κ3) is 2.26. The van der Waals surface area contributed by atoms with Crippen molar-refractivity contribution in [3.05, 3.63) is 33.7 Å². The maximum Gasteiger partial charge on any atom is 0.242 e. The lowest BCUT2D eigenvalue weighted by Gasteiger charge is -2.16. The van der Waals surface area contributed by atoms with Gasteiger partial charge in [0.2, 0.25) is 16.3 Å². The minimum Gasteiger partial charge on any atom is -0.461 e. The molecule has 2 unspecified atom stereocenters. The molecule has 4 rings (SSSR count). The molecule has 5 nitrogen and oxygen atoms in total. The van der Waals surface area contributed by atoms with Gasteiger partial charge in [-0.3, -0.25) is 0 Å². The number of benzene rings is 1. The van der Waals surface area contributed by atoms with Crippen molar-refractivity contribution in [2.75, 3.05) is 13.1 Å². The Labute approximate surface area is 128 Å². The van der Waals surface area contributed by atoms with Crippen molar-refractivity contribution in [3.8, 4) is 5.75 Å². The molecular weight excluding hydrogens is 314 g/mol. The van der Waals surface area contributed by atoms with Gasteiger partial charge >= 0.3 is 0 Å². The molecule has 112 valence electrons. The van der Waals surface area contributed by atoms with Crippen molar-refractivity contribution in [1.29, 1.82) is 0 Å². The highest BCUT2D eigenvalue weighted by Gasteiger charge is 2.51. The molecule has 0 amide bonds. The van der Waals surface area contributed by atoms with Crippen molar-refractivity contribution >= 4 is 27.7 Å². The Morgan fingerprint density at radius 2 is 2.00 bits per heavy atom. The average molecular weight is 328 g/mol. The topological polar surface area (TPSA) is 59.1 Å². The largest absolute Gasteiger partial charge is 0.461 e. The van der Waals surface area contributed by atoms with Crippen LogP contribution in [0.1, 0.15) is 18.4 Å². The molecule has 0 saturated carbocycles. The zero-order valence-electron chi connectivity index (χ0n) is 11.2. The van der Waals surface area contributed by atoms with Crippen LogP contribution >= 0.6 is 11.6 Å². The second-order valence-corrected chi connectivity index (χ2v) is 7.76. The Morgan fingerprint density at radius 3 is 2.76 bits per heavy atom. The maximum absolute atomic E-state index is 12.8. The van der Waals surface area contributed by atoms with E-state index in [0.717, 1.165) is 12.8 Å². The SMILES string of the molecule is O=S(=O)(C1=Cc2cc(Cl)ccc2OC2OC12)N1CCCC1. The molecule has 7 heteroatoms. The zero-order valence-corrected chi connectivity index (χ0v) is 12.7. The minimum absolute atomic E-state index is 0.274. The summed E-state index contributed by atoms with van der Waals surface area (Å²) in [6.07, 6.45) is 2.41. The van der Waals surface area contributed by atoms with Crippen molar-refractivity contribution in [2.24, 2.45) is 0 Å². The molecule has 0 radical (unpaired) electrons. The van der Waals surface area contributed by atoms with Gasteiger partial charge in [-0.1, -0.05) is 11.6 Å². The number of rotatable bonds is 2. The molecule has 0 aromatic heterocycles. The number of hydrogen-bond donors (Lipinski definition) is 0. The third-order valence-electron chi connectivity index (χ3n) is 3.95. The molecule has 1 aromatic rings. The summed E-state index contributed by atoms with van der Waals surface area (Å²) in [5.74, 6) is 0.596. The second kappa shape index (κ2) is 4.71. The smallest absolute Gasteiger partial charge is 0.242 e. The standard InChI is InChI=1S/C14H14ClNO4S/c15-10-3-4-11-9(7-10)8-12(13-14(19-11)20-13)21(17,18)16-5-1-2-6-16/h3-4,7-8,13-14H,1-2,5-6H2. The fourth-order valence-electron chi connectivity index (χ4n) is 2.79. The monoisotopic (exact) mass is 327 g/mol. The highest BCUT2D eigenvalue weighted by molar-refractivity contribution is 7.93. The van der Waals surface area contributed by atoms with Crippen LogP contribution in [0, 0.1) is 0 Å². The summed E-state index contributed by atoms with van der Waals surface area (Å²) in [5.41, 5.74) is 0.677. The lowest BCUT2D eigenvalue weighted by molar-refractivity contribution is 0.178. The van der Waals surface area contributed by atoms with E-state index < -0.39 is 22.4 Å². The molecule has 3 aliphatic heterocycles. The van der Waals surface area contributed by atoms with E-state index in [1.54, 1.807) is 24.3 Å². The summed E-state index contributed by atoms with van der Waals surface area (Å²) in [5, 5.41) is 0.544. The normalized spacial score (nSPS) is 28.1. The fraction of sp³-hybridized carbons (Fsp3) is 0.429. The molecule has 0 bridgehead atoms. The summed E-state index contributed by atoms with van der Waals surface area (Å²) < 4.78 is 38.1. The van der Waals surface area contributed by atoms with E-state index in [9.17, 15) is 8.42 Å². The average Bonchev–Trinajstić information content (AvgIpc) is 2.97. The number of hydrogen-bond acceptors (Lipinski definition) is 4. The predicted molar refractivity (Wildman–Crippen MR) is 78.4 cm³/mol. The molecule has 2 saturated heterocycles. The molecule has 2 fully saturated rings. The molecule has 21 heavy (non-hydrogen) atoms. The van der Waals surface area contributed by atoms with E-state index in [-0.39, 0.29) is 4.91 Å². The van der Waals surface area contributed by atoms with Crippen LogP contribution in [-0.2, 0) is 14.8 Å². The molecule has 0 N–H and O–H groups in total. The van der Waals surface area contributed by atoms with Crippen molar-refractivity contribution in [3.63, 3.8) is 0 Å². The number of nitrogens with zero attached hydrogens (tertiary/aromatic N) is 1. The first-order chi connectivity index (χ1) is 10.1. The number of sulfonamides is 1. The van der Waals surface area contributed by atoms with Crippen molar-refractivity contribution in [1.82, 2.24) is 4.31 Å². The molecule has 3 heterocycles. The number of halogens is 1. The first kappa shape index (κ1) is 13.6. The fourth-order valence-corrected chi connectivity index (χ4v) is 4.74. The van der Waals surface area contributed by atoms with Gasteiger partial charge in [0.1, 0.15) is 5.75 Å². The van der Waals surface area contributed by atoms with E-state index in [4.69, 9.17) is 21.1 Å². The van der Waals surface area contributed by atoms with Gasteiger partial charge in [0.15, 0.2) is 6.10 Å². The van der Waals surface area contributed by atoms with Gasteiger partial charge in [0.25, 0.3) is 0 Å². The quantitative estimate of drug-likeness (QED) is 0.782. The van der Waals surface area contributed by atoms with Crippen LogP contribution < -0.4 is 4.74 Å². The van der Waals surface area contributed by atoms with E-state index in [0.29, 0.717) is 29.4 Å². The number of fused-ring (bicyclic) bond motifs is 2. The Balaban J connectivity index is 1.80. The van der Waals surface area contributed by atoms with Gasteiger partial charge in [-0.25, -0.2) is 8.42 Å². The van der Waals surface area contributed by atoms with Gasteiger partial charge in [-0.2, -0.15) is 4.31 Å². The van der Waals surface area contributed by atoms with Crippen LogP contribution in [-0.4, -0.2) is 38.2 Å². The highest BCUT2D eigenvalue weighted by atomic mass is 35.5. The van der Waals surface area contributed by atoms with Gasteiger partial charge in [-0.05, 0) is 37.1 Å². The van der Waals surface area contributed by atoms with Gasteiger partial charge in [-0.15, -0.1) is 0 Å². The molecular formula is C14H14ClNO4S. The maximum atomic E-state index is 12.8. The number of epoxide rings is 1. The third-order valence-corrected chi connectivity index (χ3v) is 6.17. The Bertz CT molecular complexity index is 724. The molecule has 1 aromatic carbocycles. The summed E-state index contributed by atoms with van der Waals surface area (Å²) in [7, 11) is -3.50. The van der Waals surface area contributed by atoms with Crippen molar-refractivity contribution < 1.29 is 17.9 Å². The van der Waals surface area contributed by atoms with E-state index >= 15 is 0 Å². The van der Waals surface area contributed by atoms with E-state index in [1.165, 1.54) is 4.31 Å². The first-order valence-electron chi connectivity index (χ1n) is 6.89. The summed E-state index contributed by atoms with van der Waals surface area (Å²) in [6, 6.07) is 5.16. The van der Waals surface area contributed by atoms with Gasteiger partial charge in [0.05, 0.1) is 4.91 Å². The van der Waals surface area contributed by atoms with E-state index in [2.05, 4.69) is 0 Å². The predicted octanol–water partition coefficient (Wildman–Crippen LogP) is 2.22. The lowest BCUT2D eigenvalue weighted by Crippen LogP contribution is -2.31. The van der Waals surface area contributed by atoms with Crippen LogP contribution in [0.25, 0.3) is 6.08 Å². The molecule has 0 spiro atoms. The summed E-state index contributed by atoms with van der Waals surface area (Å²) in [4.78, 5) is 0.274. The zero-order chi connectivity index (χ0) is 14.6.